The molecule has 0 aromatic heterocycles. The summed E-state index contributed by atoms with van der Waals surface area (Å²) in [4.78, 5) is 12.1. The van der Waals surface area contributed by atoms with E-state index in [1.54, 1.807) is 0 Å². The smallest absolute Gasteiger partial charge is 0.407 e. The number of benzene rings is 3. The second-order valence-corrected chi connectivity index (χ2v) is 6.83. The number of rotatable bonds is 4. The number of carbonyl (C=O) groups excluding carboxylic acids is 1. The fraction of sp³-hybridized carbons (Fsp3) is 0.160. The van der Waals surface area contributed by atoms with Gasteiger partial charge in [-0.15, -0.1) is 0 Å². The number of carbonyl (C=O) groups is 1. The van der Waals surface area contributed by atoms with Crippen molar-refractivity contribution in [3.8, 4) is 28.7 Å². The normalized spacial score (nSPS) is 11.7. The van der Waals surface area contributed by atoms with Crippen molar-refractivity contribution in [3.63, 3.8) is 0 Å². The van der Waals surface area contributed by atoms with E-state index >= 15 is 0 Å². The highest BCUT2D eigenvalue weighted by atomic mass is 19.1. The molecular weight excluding hydrogens is 381 g/mol. The standard InChI is InChI=1S/C25H20FNO3/c1-29-24-15-18(26)13-12-17(24)7-6-14-27-25(28)30-16-23-21-10-4-2-8-19(21)20-9-3-5-11-22(20)23/h2-5,8-13,15,23H,14,16H2,1H3,(H,27,28). The first-order valence-corrected chi connectivity index (χ1v) is 9.58. The summed E-state index contributed by atoms with van der Waals surface area (Å²) < 4.78 is 23.8. The molecule has 0 fully saturated rings. The van der Waals surface area contributed by atoms with Crippen LogP contribution in [0.1, 0.15) is 22.6 Å². The Morgan fingerprint density at radius 1 is 1.03 bits per heavy atom. The van der Waals surface area contributed by atoms with Crippen LogP contribution < -0.4 is 10.1 Å². The van der Waals surface area contributed by atoms with Crippen molar-refractivity contribution >= 4 is 6.09 Å². The van der Waals surface area contributed by atoms with Crippen LogP contribution >= 0.6 is 0 Å². The molecule has 0 radical (unpaired) electrons. The molecular formula is C25H20FNO3. The Morgan fingerprint density at radius 3 is 2.37 bits per heavy atom. The first-order chi connectivity index (χ1) is 14.7. The van der Waals surface area contributed by atoms with Crippen molar-refractivity contribution in [2.75, 3.05) is 20.3 Å². The van der Waals surface area contributed by atoms with E-state index in [1.165, 1.54) is 36.4 Å². The van der Waals surface area contributed by atoms with E-state index in [0.717, 1.165) is 11.1 Å². The molecule has 30 heavy (non-hydrogen) atoms. The SMILES string of the molecule is COc1cc(F)ccc1C#CCNC(=O)OCC1c2ccccc2-c2ccccc21. The molecule has 150 valence electrons. The summed E-state index contributed by atoms with van der Waals surface area (Å²) >= 11 is 0. The average molecular weight is 401 g/mol. The van der Waals surface area contributed by atoms with Crippen molar-refractivity contribution in [3.05, 3.63) is 89.2 Å². The van der Waals surface area contributed by atoms with Crippen LogP contribution in [0.25, 0.3) is 11.1 Å². The summed E-state index contributed by atoms with van der Waals surface area (Å²) in [5.74, 6) is 5.65. The van der Waals surface area contributed by atoms with Crippen molar-refractivity contribution in [2.45, 2.75) is 5.92 Å². The number of hydrogen-bond donors (Lipinski definition) is 1. The summed E-state index contributed by atoms with van der Waals surface area (Å²) in [6.45, 7) is 0.357. The fourth-order valence-electron chi connectivity index (χ4n) is 3.67. The monoisotopic (exact) mass is 401 g/mol. The Labute approximate surface area is 174 Å². The van der Waals surface area contributed by atoms with Gasteiger partial charge in [0.05, 0.1) is 19.2 Å². The largest absolute Gasteiger partial charge is 0.495 e. The Hall–Kier alpha value is -3.78. The second kappa shape index (κ2) is 8.71. The summed E-state index contributed by atoms with van der Waals surface area (Å²) in [5, 5.41) is 2.62. The van der Waals surface area contributed by atoms with Gasteiger partial charge in [0.2, 0.25) is 0 Å². The number of nitrogens with one attached hydrogen (secondary N) is 1. The Bertz CT molecular complexity index is 1100. The molecule has 1 aliphatic carbocycles. The highest BCUT2D eigenvalue weighted by molar-refractivity contribution is 5.79. The number of fused-ring (bicyclic) bond motifs is 3. The van der Waals surface area contributed by atoms with Gasteiger partial charge in [-0.25, -0.2) is 9.18 Å². The van der Waals surface area contributed by atoms with E-state index in [-0.39, 0.29) is 19.1 Å². The summed E-state index contributed by atoms with van der Waals surface area (Å²) in [6, 6.07) is 20.5. The third kappa shape index (κ3) is 3.99. The van der Waals surface area contributed by atoms with Gasteiger partial charge in [0, 0.05) is 12.0 Å². The van der Waals surface area contributed by atoms with Crippen LogP contribution in [0.15, 0.2) is 66.7 Å². The van der Waals surface area contributed by atoms with Crippen LogP contribution in [0.2, 0.25) is 0 Å². The van der Waals surface area contributed by atoms with Gasteiger partial charge in [-0.2, -0.15) is 0 Å². The molecule has 0 saturated carbocycles. The van der Waals surface area contributed by atoms with Crippen molar-refractivity contribution in [1.29, 1.82) is 0 Å². The highest BCUT2D eigenvalue weighted by Gasteiger charge is 2.28. The molecule has 1 aliphatic rings. The van der Waals surface area contributed by atoms with Gasteiger partial charge < -0.3 is 14.8 Å². The number of amides is 1. The predicted octanol–water partition coefficient (Wildman–Crippen LogP) is 4.72. The first kappa shape index (κ1) is 19.5. The molecule has 3 aromatic rings. The lowest BCUT2D eigenvalue weighted by atomic mass is 9.98. The molecule has 3 aromatic carbocycles. The minimum absolute atomic E-state index is 0.0118. The number of ether oxygens (including phenoxy) is 2. The molecule has 0 unspecified atom stereocenters. The minimum atomic E-state index is -0.530. The number of alkyl carbamates (subject to hydrolysis) is 1. The summed E-state index contributed by atoms with van der Waals surface area (Å²) in [6.07, 6.45) is -0.530. The predicted molar refractivity (Wildman–Crippen MR) is 113 cm³/mol. The van der Waals surface area contributed by atoms with Crippen molar-refractivity contribution in [2.24, 2.45) is 0 Å². The molecule has 4 nitrogen and oxygen atoms in total. The van der Waals surface area contributed by atoms with E-state index < -0.39 is 11.9 Å². The lowest BCUT2D eigenvalue weighted by Gasteiger charge is -2.14. The third-order valence-electron chi connectivity index (χ3n) is 5.05. The Balaban J connectivity index is 1.35. The molecule has 1 N–H and O–H groups in total. The number of methoxy groups -OCH3 is 1. The minimum Gasteiger partial charge on any atom is -0.495 e. The van der Waals surface area contributed by atoms with Gasteiger partial charge in [-0.3, -0.25) is 0 Å². The van der Waals surface area contributed by atoms with Crippen molar-refractivity contribution < 1.29 is 18.7 Å². The lowest BCUT2D eigenvalue weighted by Crippen LogP contribution is -2.26. The molecule has 0 aliphatic heterocycles. The van der Waals surface area contributed by atoms with Crippen LogP contribution in [-0.4, -0.2) is 26.4 Å². The molecule has 0 bridgehead atoms. The van der Waals surface area contributed by atoms with Crippen LogP contribution in [0.5, 0.6) is 5.75 Å². The highest BCUT2D eigenvalue weighted by Crippen LogP contribution is 2.44. The molecule has 0 saturated heterocycles. The van der Waals surface area contributed by atoms with Crippen LogP contribution in [0.3, 0.4) is 0 Å². The summed E-state index contributed by atoms with van der Waals surface area (Å²) in [5.41, 5.74) is 5.24. The first-order valence-electron chi connectivity index (χ1n) is 9.58. The quantitative estimate of drug-likeness (QED) is 0.644. The van der Waals surface area contributed by atoms with E-state index in [9.17, 15) is 9.18 Å². The number of halogens is 1. The zero-order valence-corrected chi connectivity index (χ0v) is 16.4. The molecule has 5 heteroatoms. The lowest BCUT2D eigenvalue weighted by molar-refractivity contribution is 0.144. The Morgan fingerprint density at radius 2 is 1.70 bits per heavy atom. The number of hydrogen-bond acceptors (Lipinski definition) is 3. The third-order valence-corrected chi connectivity index (χ3v) is 5.05. The molecule has 4 rings (SSSR count). The van der Waals surface area contributed by atoms with Gasteiger partial charge in [0.25, 0.3) is 0 Å². The average Bonchev–Trinajstić information content (AvgIpc) is 3.10. The van der Waals surface area contributed by atoms with Gasteiger partial charge in [0.1, 0.15) is 18.2 Å². The maximum Gasteiger partial charge on any atom is 0.407 e. The molecule has 0 spiro atoms. The zero-order chi connectivity index (χ0) is 20.9. The van der Waals surface area contributed by atoms with E-state index in [4.69, 9.17) is 9.47 Å². The van der Waals surface area contributed by atoms with Gasteiger partial charge in [-0.05, 0) is 34.4 Å². The summed E-state index contributed by atoms with van der Waals surface area (Å²) in [7, 11) is 1.45. The molecule has 0 atom stereocenters. The second-order valence-electron chi connectivity index (χ2n) is 6.83. The zero-order valence-electron chi connectivity index (χ0n) is 16.4. The van der Waals surface area contributed by atoms with E-state index in [1.807, 2.05) is 24.3 Å². The van der Waals surface area contributed by atoms with E-state index in [0.29, 0.717) is 11.3 Å². The maximum atomic E-state index is 13.2. The topological polar surface area (TPSA) is 47.6 Å². The fourth-order valence-corrected chi connectivity index (χ4v) is 3.67. The maximum absolute atomic E-state index is 13.2. The van der Waals surface area contributed by atoms with Crippen LogP contribution in [0.4, 0.5) is 9.18 Å². The molecule has 1 amide bonds. The van der Waals surface area contributed by atoms with E-state index in [2.05, 4.69) is 41.4 Å². The van der Waals surface area contributed by atoms with Gasteiger partial charge in [0.15, 0.2) is 0 Å². The van der Waals surface area contributed by atoms with Crippen LogP contribution in [-0.2, 0) is 4.74 Å². The van der Waals surface area contributed by atoms with Crippen molar-refractivity contribution in [1.82, 2.24) is 5.32 Å². The van der Waals surface area contributed by atoms with Crippen LogP contribution in [0, 0.1) is 17.7 Å². The Kier molecular flexibility index (Phi) is 5.67. The van der Waals surface area contributed by atoms with Gasteiger partial charge in [-0.1, -0.05) is 60.4 Å². The van der Waals surface area contributed by atoms with Gasteiger partial charge >= 0.3 is 6.09 Å². The molecule has 0 heterocycles.